The normalized spacial score (nSPS) is 11.5. The van der Waals surface area contributed by atoms with E-state index in [2.05, 4.69) is 10.1 Å². The molecule has 0 atom stereocenters. The topological polar surface area (TPSA) is 96.3 Å². The summed E-state index contributed by atoms with van der Waals surface area (Å²) in [6.07, 6.45) is -5.19. The van der Waals surface area contributed by atoms with Gasteiger partial charge in [0, 0.05) is 16.8 Å². The smallest absolute Gasteiger partial charge is 0.405 e. The lowest BCUT2D eigenvalue weighted by Crippen LogP contribution is -2.18. The number of carbonyl (C=O) groups is 1. The maximum atomic E-state index is 15.0. The Morgan fingerprint density at radius 3 is 2.34 bits per heavy atom. The maximum Gasteiger partial charge on any atom is 0.573 e. The SMILES string of the molecule is CCS(=O)(=O)c1ccc(CC(=O)Nc2cc(F)c(-c3ccccc3OC(F)(F)F)c(C#N)c2)cc1. The van der Waals surface area contributed by atoms with Gasteiger partial charge in [-0.15, -0.1) is 13.2 Å². The molecule has 0 saturated carbocycles. The Morgan fingerprint density at radius 1 is 1.09 bits per heavy atom. The quantitative estimate of drug-likeness (QED) is 0.443. The molecule has 0 aliphatic heterocycles. The number of ether oxygens (including phenoxy) is 1. The van der Waals surface area contributed by atoms with Crippen molar-refractivity contribution in [3.05, 3.63) is 77.6 Å². The van der Waals surface area contributed by atoms with Crippen molar-refractivity contribution in [2.45, 2.75) is 24.6 Å². The van der Waals surface area contributed by atoms with Crippen LogP contribution in [-0.4, -0.2) is 26.4 Å². The Labute approximate surface area is 198 Å². The molecular weight excluding hydrogens is 488 g/mol. The Kier molecular flexibility index (Phi) is 7.45. The number of benzene rings is 3. The molecule has 3 aromatic rings. The average Bonchev–Trinajstić information content (AvgIpc) is 2.78. The first-order valence-corrected chi connectivity index (χ1v) is 11.8. The molecule has 11 heteroatoms. The van der Waals surface area contributed by atoms with Gasteiger partial charge in [-0.25, -0.2) is 12.8 Å². The van der Waals surface area contributed by atoms with Gasteiger partial charge in [-0.3, -0.25) is 4.79 Å². The van der Waals surface area contributed by atoms with Gasteiger partial charge in [-0.1, -0.05) is 37.3 Å². The van der Waals surface area contributed by atoms with Gasteiger partial charge < -0.3 is 10.1 Å². The molecule has 6 nitrogen and oxygen atoms in total. The van der Waals surface area contributed by atoms with Crippen LogP contribution in [0, 0.1) is 17.1 Å². The number of nitrogens with one attached hydrogen (secondary N) is 1. The van der Waals surface area contributed by atoms with E-state index in [1.54, 1.807) is 6.07 Å². The Morgan fingerprint density at radius 2 is 1.74 bits per heavy atom. The van der Waals surface area contributed by atoms with Crippen molar-refractivity contribution in [2.24, 2.45) is 0 Å². The van der Waals surface area contributed by atoms with Gasteiger partial charge in [-0.05, 0) is 35.9 Å². The van der Waals surface area contributed by atoms with Crippen LogP contribution < -0.4 is 10.1 Å². The lowest BCUT2D eigenvalue weighted by atomic mass is 9.98. The summed E-state index contributed by atoms with van der Waals surface area (Å²) in [6, 6.07) is 14.3. The zero-order valence-electron chi connectivity index (χ0n) is 18.2. The molecule has 0 spiro atoms. The third-order valence-corrected chi connectivity index (χ3v) is 6.65. The van der Waals surface area contributed by atoms with Crippen molar-refractivity contribution < 1.29 is 35.5 Å². The highest BCUT2D eigenvalue weighted by Crippen LogP contribution is 2.38. The Bertz CT molecular complexity index is 1400. The van der Waals surface area contributed by atoms with Crippen LogP contribution in [0.25, 0.3) is 11.1 Å². The molecule has 0 heterocycles. The van der Waals surface area contributed by atoms with E-state index in [4.69, 9.17) is 0 Å². The summed E-state index contributed by atoms with van der Waals surface area (Å²) in [5.74, 6) is -2.36. The number of sulfone groups is 1. The van der Waals surface area contributed by atoms with E-state index in [0.29, 0.717) is 5.56 Å². The van der Waals surface area contributed by atoms with E-state index in [9.17, 15) is 36.0 Å². The summed E-state index contributed by atoms with van der Waals surface area (Å²) in [7, 11) is -3.39. The van der Waals surface area contributed by atoms with E-state index in [-0.39, 0.29) is 33.9 Å². The Balaban J connectivity index is 1.84. The van der Waals surface area contributed by atoms with E-state index >= 15 is 0 Å². The molecule has 3 aromatic carbocycles. The highest BCUT2D eigenvalue weighted by Gasteiger charge is 2.32. The van der Waals surface area contributed by atoms with E-state index in [1.165, 1.54) is 49.4 Å². The van der Waals surface area contributed by atoms with Crippen LogP contribution >= 0.6 is 0 Å². The van der Waals surface area contributed by atoms with Gasteiger partial charge in [0.2, 0.25) is 5.91 Å². The largest absolute Gasteiger partial charge is 0.573 e. The molecule has 0 fully saturated rings. The van der Waals surface area contributed by atoms with Crippen LogP contribution in [0.4, 0.5) is 23.2 Å². The molecule has 0 unspecified atom stereocenters. The summed E-state index contributed by atoms with van der Waals surface area (Å²) >= 11 is 0. The number of carbonyl (C=O) groups excluding carboxylic acids is 1. The monoisotopic (exact) mass is 506 g/mol. The number of nitriles is 1. The van der Waals surface area contributed by atoms with Gasteiger partial charge in [0.1, 0.15) is 11.6 Å². The highest BCUT2D eigenvalue weighted by atomic mass is 32.2. The number of rotatable bonds is 7. The van der Waals surface area contributed by atoms with E-state index in [1.807, 2.05) is 0 Å². The van der Waals surface area contributed by atoms with Crippen molar-refractivity contribution in [1.29, 1.82) is 5.26 Å². The zero-order chi connectivity index (χ0) is 25.8. The highest BCUT2D eigenvalue weighted by molar-refractivity contribution is 7.91. The molecule has 1 amide bonds. The van der Waals surface area contributed by atoms with Crippen molar-refractivity contribution >= 4 is 21.4 Å². The van der Waals surface area contributed by atoms with Crippen LogP contribution in [0.3, 0.4) is 0 Å². The third-order valence-electron chi connectivity index (χ3n) is 4.90. The van der Waals surface area contributed by atoms with Crippen LogP contribution in [0.5, 0.6) is 5.75 Å². The number of alkyl halides is 3. The second-order valence-electron chi connectivity index (χ2n) is 7.31. The molecule has 0 saturated heterocycles. The first kappa shape index (κ1) is 25.7. The number of hydrogen-bond acceptors (Lipinski definition) is 5. The predicted molar refractivity (Wildman–Crippen MR) is 120 cm³/mol. The lowest BCUT2D eigenvalue weighted by molar-refractivity contribution is -0.274. The molecule has 0 bridgehead atoms. The van der Waals surface area contributed by atoms with Crippen molar-refractivity contribution in [2.75, 3.05) is 11.1 Å². The number of anilines is 1. The minimum Gasteiger partial charge on any atom is -0.405 e. The Hall–Kier alpha value is -3.91. The van der Waals surface area contributed by atoms with Crippen molar-refractivity contribution in [3.8, 4) is 22.9 Å². The van der Waals surface area contributed by atoms with Crippen LogP contribution in [0.15, 0.2) is 65.6 Å². The standard InChI is InChI=1S/C24H18F4N2O4S/c1-2-35(32,33)18-9-7-15(8-10-18)11-22(31)30-17-12-16(14-29)23(20(25)13-17)19-5-3-4-6-21(19)34-24(26,27)28/h3-10,12-13H,2,11H2,1H3,(H,30,31). The van der Waals surface area contributed by atoms with E-state index in [0.717, 1.165) is 18.2 Å². The average molecular weight is 506 g/mol. The molecule has 1 N–H and O–H groups in total. The summed E-state index contributed by atoms with van der Waals surface area (Å²) in [6.45, 7) is 1.51. The van der Waals surface area contributed by atoms with Gasteiger partial charge in [0.15, 0.2) is 9.84 Å². The fraction of sp³-hybridized carbons (Fsp3) is 0.167. The molecule has 0 radical (unpaired) electrons. The number of halogens is 4. The third kappa shape index (κ3) is 6.36. The molecule has 0 aliphatic carbocycles. The zero-order valence-corrected chi connectivity index (χ0v) is 19.0. The second kappa shape index (κ2) is 10.1. The molecule has 0 aromatic heterocycles. The minimum absolute atomic E-state index is 0.0670. The summed E-state index contributed by atoms with van der Waals surface area (Å²) in [5, 5.41) is 11.9. The first-order valence-electron chi connectivity index (χ1n) is 10.1. The predicted octanol–water partition coefficient (Wildman–Crippen LogP) is 5.24. The lowest BCUT2D eigenvalue weighted by Gasteiger charge is -2.15. The number of hydrogen-bond donors (Lipinski definition) is 1. The van der Waals surface area contributed by atoms with Crippen LogP contribution in [-0.2, 0) is 21.1 Å². The summed E-state index contributed by atoms with van der Waals surface area (Å²) < 4.78 is 80.9. The number of amides is 1. The number of para-hydroxylation sites is 1. The fourth-order valence-electron chi connectivity index (χ4n) is 3.30. The summed E-state index contributed by atoms with van der Waals surface area (Å²) in [4.78, 5) is 12.5. The van der Waals surface area contributed by atoms with Gasteiger partial charge in [0.25, 0.3) is 0 Å². The molecule has 182 valence electrons. The second-order valence-corrected chi connectivity index (χ2v) is 9.59. The molecule has 3 rings (SSSR count). The fourth-order valence-corrected chi connectivity index (χ4v) is 4.18. The van der Waals surface area contributed by atoms with Crippen molar-refractivity contribution in [3.63, 3.8) is 0 Å². The van der Waals surface area contributed by atoms with Gasteiger partial charge in [0.05, 0.1) is 28.7 Å². The van der Waals surface area contributed by atoms with E-state index < -0.39 is 39.2 Å². The molecule has 35 heavy (non-hydrogen) atoms. The molecule has 0 aliphatic rings. The van der Waals surface area contributed by atoms with Gasteiger partial charge >= 0.3 is 6.36 Å². The van der Waals surface area contributed by atoms with Crippen molar-refractivity contribution in [1.82, 2.24) is 0 Å². The molecular formula is C24H18F4N2O4S. The van der Waals surface area contributed by atoms with Crippen LogP contribution in [0.2, 0.25) is 0 Å². The minimum atomic E-state index is -5.02. The first-order chi connectivity index (χ1) is 16.4. The number of nitrogens with zero attached hydrogens (tertiary/aromatic N) is 1. The van der Waals surface area contributed by atoms with Gasteiger partial charge in [-0.2, -0.15) is 5.26 Å². The van der Waals surface area contributed by atoms with Crippen LogP contribution in [0.1, 0.15) is 18.1 Å². The summed E-state index contributed by atoms with van der Waals surface area (Å²) in [5.41, 5.74) is -0.579. The maximum absolute atomic E-state index is 15.0.